The Balaban J connectivity index is 2.92. The van der Waals surface area contributed by atoms with Gasteiger partial charge in [-0.05, 0) is 29.2 Å². The molecule has 2 rings (SSSR count). The van der Waals surface area contributed by atoms with E-state index >= 15 is 0 Å². The smallest absolute Gasteiger partial charge is 0.354 e. The third-order valence-electron chi connectivity index (χ3n) is 4.46. The number of aliphatic hydroxyl groups excluding tert-OH is 5. The first-order valence-corrected chi connectivity index (χ1v) is 8.54. The third kappa shape index (κ3) is 3.98. The fourth-order valence-corrected chi connectivity index (χ4v) is 3.24. The van der Waals surface area contributed by atoms with Crippen molar-refractivity contribution in [3.63, 3.8) is 0 Å². The van der Waals surface area contributed by atoms with Gasteiger partial charge in [0.15, 0.2) is 0 Å². The number of nitrogens with one attached hydrogen (secondary N) is 1. The molecule has 0 saturated heterocycles. The summed E-state index contributed by atoms with van der Waals surface area (Å²) >= 11 is 0. The van der Waals surface area contributed by atoms with Gasteiger partial charge in [0.1, 0.15) is 12.4 Å². The van der Waals surface area contributed by atoms with Gasteiger partial charge in [0, 0.05) is 17.3 Å². The molecule has 0 fully saturated rings. The number of aliphatic hydroxyl groups is 5. The molecule has 0 amide bonds. The minimum atomic E-state index is -1.08. The Morgan fingerprint density at radius 3 is 2.36 bits per heavy atom. The molecular weight excluding hydrogens is 368 g/mol. The first-order valence-electron chi connectivity index (χ1n) is 8.54. The van der Waals surface area contributed by atoms with Gasteiger partial charge in [-0.1, -0.05) is 12.1 Å². The number of aromatic nitrogens is 1. The van der Waals surface area contributed by atoms with Crippen molar-refractivity contribution in [3.05, 3.63) is 45.8 Å². The SMILES string of the molecule is COC(=O)c1[nH]c(C=NCO)c(-c2ccc(CO)c(CO)c2CO)c1C(C)O. The lowest BCUT2D eigenvalue weighted by atomic mass is 9.89. The first kappa shape index (κ1) is 21.7. The van der Waals surface area contributed by atoms with E-state index in [1.54, 1.807) is 12.1 Å². The van der Waals surface area contributed by atoms with E-state index in [4.69, 9.17) is 9.84 Å². The van der Waals surface area contributed by atoms with Crippen molar-refractivity contribution in [2.45, 2.75) is 32.8 Å². The molecular formula is C19H24N2O7. The number of esters is 1. The number of benzene rings is 1. The maximum atomic E-state index is 12.2. The Morgan fingerprint density at radius 2 is 1.86 bits per heavy atom. The molecule has 152 valence electrons. The van der Waals surface area contributed by atoms with Crippen molar-refractivity contribution in [2.75, 3.05) is 13.8 Å². The van der Waals surface area contributed by atoms with Gasteiger partial charge >= 0.3 is 5.97 Å². The van der Waals surface area contributed by atoms with E-state index in [9.17, 15) is 25.2 Å². The van der Waals surface area contributed by atoms with E-state index in [0.717, 1.165) is 0 Å². The maximum absolute atomic E-state index is 12.2. The number of methoxy groups -OCH3 is 1. The molecule has 2 aromatic rings. The monoisotopic (exact) mass is 392 g/mol. The third-order valence-corrected chi connectivity index (χ3v) is 4.46. The Bertz CT molecular complexity index is 872. The van der Waals surface area contributed by atoms with Crippen LogP contribution in [0.4, 0.5) is 0 Å². The summed E-state index contributed by atoms with van der Waals surface area (Å²) in [5.41, 5.74) is 2.48. The minimum absolute atomic E-state index is 0.00700. The van der Waals surface area contributed by atoms with Crippen molar-refractivity contribution < 1.29 is 35.1 Å². The Morgan fingerprint density at radius 1 is 1.18 bits per heavy atom. The van der Waals surface area contributed by atoms with E-state index in [1.165, 1.54) is 20.2 Å². The molecule has 1 unspecified atom stereocenters. The average molecular weight is 392 g/mol. The molecule has 0 aliphatic rings. The van der Waals surface area contributed by atoms with Crippen LogP contribution in [0.5, 0.6) is 0 Å². The molecule has 0 radical (unpaired) electrons. The zero-order valence-corrected chi connectivity index (χ0v) is 15.6. The maximum Gasteiger partial charge on any atom is 0.354 e. The highest BCUT2D eigenvalue weighted by molar-refractivity contribution is 5.99. The lowest BCUT2D eigenvalue weighted by molar-refractivity contribution is 0.0588. The van der Waals surface area contributed by atoms with E-state index < -0.39 is 32.0 Å². The van der Waals surface area contributed by atoms with Gasteiger partial charge in [-0.25, -0.2) is 4.79 Å². The zero-order chi connectivity index (χ0) is 20.8. The van der Waals surface area contributed by atoms with Crippen molar-refractivity contribution in [1.29, 1.82) is 0 Å². The number of aliphatic imine (C=N–C) groups is 1. The van der Waals surface area contributed by atoms with Crippen LogP contribution in [-0.2, 0) is 24.6 Å². The zero-order valence-electron chi connectivity index (χ0n) is 15.6. The number of nitrogens with zero attached hydrogens (tertiary/aromatic N) is 1. The second-order valence-electron chi connectivity index (χ2n) is 6.03. The van der Waals surface area contributed by atoms with E-state index in [-0.39, 0.29) is 17.9 Å². The lowest BCUT2D eigenvalue weighted by Crippen LogP contribution is -2.08. The van der Waals surface area contributed by atoms with Gasteiger partial charge in [0.2, 0.25) is 0 Å². The molecule has 1 atom stereocenters. The van der Waals surface area contributed by atoms with Crippen molar-refractivity contribution in [3.8, 4) is 11.1 Å². The van der Waals surface area contributed by atoms with Crippen LogP contribution in [0.15, 0.2) is 17.1 Å². The predicted molar refractivity (Wildman–Crippen MR) is 101 cm³/mol. The highest BCUT2D eigenvalue weighted by atomic mass is 16.5. The summed E-state index contributed by atoms with van der Waals surface area (Å²) in [6, 6.07) is 3.20. The predicted octanol–water partition coefficient (Wildman–Crippen LogP) is 0.367. The second kappa shape index (κ2) is 9.58. The standard InChI is InChI=1S/C19H24N2O7/c1-10(26)16-17(15(5-20-9-25)21-18(16)19(27)28-2)12-4-3-11(6-22)13(7-23)14(12)8-24/h3-5,10,21-26H,6-9H2,1-2H3. The number of hydrogen-bond donors (Lipinski definition) is 6. The summed E-state index contributed by atoms with van der Waals surface area (Å²) in [6.45, 7) is -0.217. The molecule has 1 aromatic carbocycles. The summed E-state index contributed by atoms with van der Waals surface area (Å²) in [5, 5.41) is 48.6. The van der Waals surface area contributed by atoms with E-state index in [1.807, 2.05) is 0 Å². The number of rotatable bonds is 8. The molecule has 1 aromatic heterocycles. The van der Waals surface area contributed by atoms with Gasteiger partial charge in [-0.3, -0.25) is 4.99 Å². The van der Waals surface area contributed by atoms with Crippen LogP contribution in [0, 0.1) is 0 Å². The molecule has 0 aliphatic heterocycles. The summed E-state index contributed by atoms with van der Waals surface area (Å²) in [7, 11) is 1.20. The van der Waals surface area contributed by atoms with Crippen LogP contribution >= 0.6 is 0 Å². The topological polar surface area (TPSA) is 156 Å². The fourth-order valence-electron chi connectivity index (χ4n) is 3.24. The van der Waals surface area contributed by atoms with Crippen LogP contribution < -0.4 is 0 Å². The van der Waals surface area contributed by atoms with Gasteiger partial charge in [0.25, 0.3) is 0 Å². The summed E-state index contributed by atoms with van der Waals surface area (Å²) in [4.78, 5) is 18.8. The van der Waals surface area contributed by atoms with Crippen molar-refractivity contribution in [1.82, 2.24) is 4.98 Å². The summed E-state index contributed by atoms with van der Waals surface area (Å²) < 4.78 is 4.78. The lowest BCUT2D eigenvalue weighted by Gasteiger charge is -2.17. The Kier molecular flexibility index (Phi) is 7.44. The fraction of sp³-hybridized carbons (Fsp3) is 0.368. The summed E-state index contributed by atoms with van der Waals surface area (Å²) in [6.07, 6.45) is 0.214. The highest BCUT2D eigenvalue weighted by Crippen LogP contribution is 2.38. The average Bonchev–Trinajstić information content (AvgIpc) is 3.09. The molecule has 9 heteroatoms. The first-order chi connectivity index (χ1) is 13.4. The van der Waals surface area contributed by atoms with E-state index in [0.29, 0.717) is 33.5 Å². The van der Waals surface area contributed by atoms with Gasteiger partial charge in [0.05, 0.1) is 38.7 Å². The van der Waals surface area contributed by atoms with Gasteiger partial charge in [-0.15, -0.1) is 0 Å². The molecule has 0 aliphatic carbocycles. The number of H-pyrrole nitrogens is 1. The highest BCUT2D eigenvalue weighted by Gasteiger charge is 2.28. The molecule has 6 N–H and O–H groups in total. The Labute approximate surface area is 161 Å². The molecule has 0 saturated carbocycles. The Hall–Kier alpha value is -2.56. The number of carbonyl (C=O) groups is 1. The molecule has 0 spiro atoms. The van der Waals surface area contributed by atoms with Gasteiger partial charge < -0.3 is 35.3 Å². The van der Waals surface area contributed by atoms with Crippen LogP contribution in [0.1, 0.15) is 51.5 Å². The largest absolute Gasteiger partial charge is 0.464 e. The number of carbonyl (C=O) groups excluding carboxylic acids is 1. The van der Waals surface area contributed by atoms with Crippen LogP contribution in [0.3, 0.4) is 0 Å². The normalized spacial score (nSPS) is 12.5. The van der Waals surface area contributed by atoms with Crippen molar-refractivity contribution in [2.24, 2.45) is 4.99 Å². The number of aromatic amines is 1. The molecule has 28 heavy (non-hydrogen) atoms. The van der Waals surface area contributed by atoms with Crippen LogP contribution in [0.2, 0.25) is 0 Å². The number of ether oxygens (including phenoxy) is 1. The quantitative estimate of drug-likeness (QED) is 0.280. The molecule has 0 bridgehead atoms. The number of hydrogen-bond acceptors (Lipinski definition) is 8. The second-order valence-corrected chi connectivity index (χ2v) is 6.03. The van der Waals surface area contributed by atoms with Crippen LogP contribution in [-0.4, -0.2) is 56.5 Å². The van der Waals surface area contributed by atoms with E-state index in [2.05, 4.69) is 9.98 Å². The minimum Gasteiger partial charge on any atom is -0.464 e. The van der Waals surface area contributed by atoms with Gasteiger partial charge in [-0.2, -0.15) is 0 Å². The summed E-state index contributed by atoms with van der Waals surface area (Å²) in [5.74, 6) is -0.708. The van der Waals surface area contributed by atoms with Crippen LogP contribution in [0.25, 0.3) is 11.1 Å². The molecule has 1 heterocycles. The van der Waals surface area contributed by atoms with Crippen molar-refractivity contribution >= 4 is 12.2 Å². The molecule has 9 nitrogen and oxygen atoms in total.